The molecule has 4 rings (SSSR count). The maximum absolute atomic E-state index is 11.9. The molecule has 154 valence electrons. The zero-order valence-corrected chi connectivity index (χ0v) is 16.8. The van der Waals surface area contributed by atoms with E-state index in [1.165, 1.54) is 7.11 Å². The summed E-state index contributed by atoms with van der Waals surface area (Å²) >= 11 is 5.89. The number of nitrogens with zero attached hydrogens (tertiary/aromatic N) is 1. The number of hydrogen-bond acceptors (Lipinski definition) is 5. The number of rotatable bonds is 6. The summed E-state index contributed by atoms with van der Waals surface area (Å²) in [6.45, 7) is 0. The average Bonchev–Trinajstić information content (AvgIpc) is 3.42. The van der Waals surface area contributed by atoms with Gasteiger partial charge in [-0.25, -0.2) is 4.79 Å². The molecule has 0 saturated heterocycles. The van der Waals surface area contributed by atoms with Crippen LogP contribution in [0.25, 0.3) is 10.9 Å². The third-order valence-electron chi connectivity index (χ3n) is 4.66. The van der Waals surface area contributed by atoms with Gasteiger partial charge in [-0.1, -0.05) is 0 Å². The second kappa shape index (κ2) is 8.08. The molecule has 3 aromatic rings. The lowest BCUT2D eigenvalue weighted by Crippen LogP contribution is -2.31. The van der Waals surface area contributed by atoms with Crippen LogP contribution in [0.2, 0.25) is 0 Å². The van der Waals surface area contributed by atoms with Crippen LogP contribution in [0.5, 0.6) is 17.2 Å². The molecular formula is C21H19ClN4O4. The van der Waals surface area contributed by atoms with E-state index in [-0.39, 0.29) is 23.0 Å². The number of methoxy groups -OCH3 is 1. The van der Waals surface area contributed by atoms with E-state index >= 15 is 0 Å². The summed E-state index contributed by atoms with van der Waals surface area (Å²) in [5.41, 5.74) is 6.91. The van der Waals surface area contributed by atoms with Crippen LogP contribution in [-0.4, -0.2) is 35.5 Å². The van der Waals surface area contributed by atoms with Gasteiger partial charge in [-0.05, 0) is 42.8 Å². The number of anilines is 1. The predicted molar refractivity (Wildman–Crippen MR) is 114 cm³/mol. The van der Waals surface area contributed by atoms with Crippen LogP contribution in [0.1, 0.15) is 16.8 Å². The zero-order valence-electron chi connectivity index (χ0n) is 16.0. The van der Waals surface area contributed by atoms with Gasteiger partial charge in [-0.15, -0.1) is 11.6 Å². The SMILES string of the molecule is COc1cc2nccc(Oc3ccc(NC(=O)NC4CC4Cl)cc3)c2cc1C(N)=O. The molecule has 3 amide bonds. The highest BCUT2D eigenvalue weighted by Gasteiger charge is 2.36. The Bertz CT molecular complexity index is 1120. The molecule has 1 heterocycles. The van der Waals surface area contributed by atoms with Crippen molar-refractivity contribution >= 4 is 40.1 Å². The second-order valence-corrected chi connectivity index (χ2v) is 7.39. The van der Waals surface area contributed by atoms with Crippen molar-refractivity contribution in [1.82, 2.24) is 10.3 Å². The molecule has 0 spiro atoms. The van der Waals surface area contributed by atoms with E-state index in [0.717, 1.165) is 6.42 Å². The van der Waals surface area contributed by atoms with E-state index in [2.05, 4.69) is 15.6 Å². The number of aromatic nitrogens is 1. The Morgan fingerprint density at radius 1 is 1.17 bits per heavy atom. The van der Waals surface area contributed by atoms with Gasteiger partial charge in [0.25, 0.3) is 5.91 Å². The molecular weight excluding hydrogens is 408 g/mol. The smallest absolute Gasteiger partial charge is 0.319 e. The molecule has 2 aromatic carbocycles. The third kappa shape index (κ3) is 4.23. The van der Waals surface area contributed by atoms with Gasteiger partial charge in [-0.3, -0.25) is 9.78 Å². The molecule has 0 radical (unpaired) electrons. The van der Waals surface area contributed by atoms with Gasteiger partial charge < -0.3 is 25.8 Å². The number of carbonyl (C=O) groups is 2. The lowest BCUT2D eigenvalue weighted by molar-refractivity contribution is 0.0997. The van der Waals surface area contributed by atoms with Gasteiger partial charge >= 0.3 is 6.03 Å². The fourth-order valence-electron chi connectivity index (χ4n) is 2.98. The van der Waals surface area contributed by atoms with Crippen molar-refractivity contribution in [3.05, 3.63) is 54.2 Å². The number of nitrogens with two attached hydrogens (primary N) is 1. The van der Waals surface area contributed by atoms with E-state index in [0.29, 0.717) is 33.8 Å². The minimum Gasteiger partial charge on any atom is -0.496 e. The van der Waals surface area contributed by atoms with Crippen molar-refractivity contribution in [2.75, 3.05) is 12.4 Å². The molecule has 1 aromatic heterocycles. The molecule has 8 nitrogen and oxygen atoms in total. The maximum atomic E-state index is 11.9. The van der Waals surface area contributed by atoms with Gasteiger partial charge in [0.05, 0.1) is 23.6 Å². The summed E-state index contributed by atoms with van der Waals surface area (Å²) in [7, 11) is 1.46. The van der Waals surface area contributed by atoms with Crippen molar-refractivity contribution in [3.8, 4) is 17.2 Å². The zero-order chi connectivity index (χ0) is 21.3. The lowest BCUT2D eigenvalue weighted by Gasteiger charge is -2.12. The molecule has 30 heavy (non-hydrogen) atoms. The van der Waals surface area contributed by atoms with Crippen molar-refractivity contribution in [3.63, 3.8) is 0 Å². The van der Waals surface area contributed by atoms with E-state index in [1.807, 2.05) is 0 Å². The van der Waals surface area contributed by atoms with Crippen LogP contribution < -0.4 is 25.8 Å². The molecule has 1 aliphatic carbocycles. The van der Waals surface area contributed by atoms with E-state index in [1.54, 1.807) is 48.7 Å². The van der Waals surface area contributed by atoms with E-state index < -0.39 is 5.91 Å². The Hall–Kier alpha value is -3.52. The number of benzene rings is 2. The summed E-state index contributed by atoms with van der Waals surface area (Å²) in [6.07, 6.45) is 2.38. The van der Waals surface area contributed by atoms with Crippen LogP contribution in [0.15, 0.2) is 48.7 Å². The first kappa shape index (κ1) is 19.8. The van der Waals surface area contributed by atoms with Crippen molar-refractivity contribution < 1.29 is 19.1 Å². The van der Waals surface area contributed by atoms with Crippen molar-refractivity contribution in [1.29, 1.82) is 0 Å². The third-order valence-corrected chi connectivity index (χ3v) is 5.14. The molecule has 1 aliphatic rings. The number of carbonyl (C=O) groups excluding carboxylic acids is 2. The first-order chi connectivity index (χ1) is 14.4. The molecule has 1 saturated carbocycles. The maximum Gasteiger partial charge on any atom is 0.319 e. The largest absolute Gasteiger partial charge is 0.496 e. The summed E-state index contributed by atoms with van der Waals surface area (Å²) in [5.74, 6) is 0.794. The number of primary amides is 1. The summed E-state index contributed by atoms with van der Waals surface area (Å²) < 4.78 is 11.2. The Balaban J connectivity index is 1.53. The normalized spacial score (nSPS) is 17.3. The number of fused-ring (bicyclic) bond motifs is 1. The van der Waals surface area contributed by atoms with Gasteiger partial charge in [0.2, 0.25) is 0 Å². The average molecular weight is 427 g/mol. The molecule has 2 unspecified atom stereocenters. The van der Waals surface area contributed by atoms with Crippen LogP contribution in [-0.2, 0) is 0 Å². The first-order valence-electron chi connectivity index (χ1n) is 9.20. The van der Waals surface area contributed by atoms with Crippen LogP contribution >= 0.6 is 11.6 Å². The van der Waals surface area contributed by atoms with Gasteiger partial charge in [0, 0.05) is 29.4 Å². The van der Waals surface area contributed by atoms with Gasteiger partial charge in [0.1, 0.15) is 17.2 Å². The predicted octanol–water partition coefficient (Wildman–Crippen LogP) is 3.64. The number of alkyl halides is 1. The van der Waals surface area contributed by atoms with Crippen LogP contribution in [0.4, 0.5) is 10.5 Å². The van der Waals surface area contributed by atoms with Gasteiger partial charge in [0.15, 0.2) is 0 Å². The standard InChI is InChI=1S/C21H19ClN4O4/c1-29-19-10-16-13(8-14(19)20(23)27)18(6-7-24-16)30-12-4-2-11(3-5-12)25-21(28)26-17-9-15(17)22/h2-8,10,15,17H,9H2,1H3,(H2,23,27)(H2,25,26,28). The minimum absolute atomic E-state index is 0.0109. The van der Waals surface area contributed by atoms with E-state index in [4.69, 9.17) is 26.8 Å². The van der Waals surface area contributed by atoms with Crippen LogP contribution in [0, 0.1) is 0 Å². The lowest BCUT2D eigenvalue weighted by atomic mass is 10.1. The molecule has 0 aliphatic heterocycles. The summed E-state index contributed by atoms with van der Waals surface area (Å²) in [4.78, 5) is 27.9. The van der Waals surface area contributed by atoms with E-state index in [9.17, 15) is 9.59 Å². The number of urea groups is 1. The van der Waals surface area contributed by atoms with Crippen molar-refractivity contribution in [2.45, 2.75) is 17.8 Å². The summed E-state index contributed by atoms with van der Waals surface area (Å²) in [5, 5.41) is 6.16. The fourth-order valence-corrected chi connectivity index (χ4v) is 3.24. The van der Waals surface area contributed by atoms with Gasteiger partial charge in [-0.2, -0.15) is 0 Å². The molecule has 9 heteroatoms. The number of ether oxygens (including phenoxy) is 2. The fraction of sp³-hybridized carbons (Fsp3) is 0.190. The molecule has 2 atom stereocenters. The quantitative estimate of drug-likeness (QED) is 0.520. The van der Waals surface area contributed by atoms with Crippen molar-refractivity contribution in [2.24, 2.45) is 5.73 Å². The highest BCUT2D eigenvalue weighted by molar-refractivity contribution is 6.23. The molecule has 0 bridgehead atoms. The summed E-state index contributed by atoms with van der Waals surface area (Å²) in [6, 6.07) is 11.5. The number of amides is 3. The number of nitrogens with one attached hydrogen (secondary N) is 2. The number of pyridine rings is 1. The highest BCUT2D eigenvalue weighted by Crippen LogP contribution is 2.33. The monoisotopic (exact) mass is 426 g/mol. The number of halogens is 1. The Labute approximate surface area is 177 Å². The highest BCUT2D eigenvalue weighted by atomic mass is 35.5. The Morgan fingerprint density at radius 3 is 2.53 bits per heavy atom. The molecule has 1 fully saturated rings. The topological polar surface area (TPSA) is 116 Å². The number of hydrogen-bond donors (Lipinski definition) is 3. The first-order valence-corrected chi connectivity index (χ1v) is 9.64. The molecule has 4 N–H and O–H groups in total. The Kier molecular flexibility index (Phi) is 5.33. The Morgan fingerprint density at radius 2 is 1.90 bits per heavy atom. The minimum atomic E-state index is -0.607. The second-order valence-electron chi connectivity index (χ2n) is 6.83. The van der Waals surface area contributed by atoms with Crippen LogP contribution in [0.3, 0.4) is 0 Å².